The summed E-state index contributed by atoms with van der Waals surface area (Å²) in [7, 11) is 0. The van der Waals surface area contributed by atoms with Crippen LogP contribution >= 0.6 is 0 Å². The van der Waals surface area contributed by atoms with E-state index in [2.05, 4.69) is 28.3 Å². The standard InChI is InChI=1S/C12H22N4O/c1-2-16-5-3-12(14-16)11-13-4-6-15-7-9-17-10-8-15/h3,5,13H,2,4,6-11H2,1H3. The van der Waals surface area contributed by atoms with E-state index >= 15 is 0 Å². The van der Waals surface area contributed by atoms with Gasteiger partial charge in [-0.15, -0.1) is 0 Å². The highest BCUT2D eigenvalue weighted by Crippen LogP contribution is 1.96. The second-order valence-electron chi connectivity index (χ2n) is 4.29. The van der Waals surface area contributed by atoms with Gasteiger partial charge >= 0.3 is 0 Å². The lowest BCUT2D eigenvalue weighted by Gasteiger charge is -2.26. The zero-order valence-corrected chi connectivity index (χ0v) is 10.6. The number of hydrogen-bond acceptors (Lipinski definition) is 4. The minimum absolute atomic E-state index is 0.858. The summed E-state index contributed by atoms with van der Waals surface area (Å²) in [6.07, 6.45) is 2.03. The summed E-state index contributed by atoms with van der Waals surface area (Å²) in [5.41, 5.74) is 1.12. The largest absolute Gasteiger partial charge is 0.379 e. The van der Waals surface area contributed by atoms with Crippen LogP contribution in [0, 0.1) is 0 Å². The first-order valence-electron chi connectivity index (χ1n) is 6.41. The van der Waals surface area contributed by atoms with Crippen molar-refractivity contribution in [2.75, 3.05) is 39.4 Å². The third-order valence-electron chi connectivity index (χ3n) is 3.03. The molecule has 5 heteroatoms. The van der Waals surface area contributed by atoms with Crippen LogP contribution in [0.4, 0.5) is 0 Å². The topological polar surface area (TPSA) is 42.3 Å². The third-order valence-corrected chi connectivity index (χ3v) is 3.03. The first-order valence-corrected chi connectivity index (χ1v) is 6.41. The number of aromatic nitrogens is 2. The van der Waals surface area contributed by atoms with E-state index in [1.807, 2.05) is 10.9 Å². The second-order valence-corrected chi connectivity index (χ2v) is 4.29. The number of nitrogens with zero attached hydrogens (tertiary/aromatic N) is 3. The van der Waals surface area contributed by atoms with Crippen molar-refractivity contribution in [1.29, 1.82) is 0 Å². The van der Waals surface area contributed by atoms with Crippen LogP contribution in [0.25, 0.3) is 0 Å². The predicted octanol–water partition coefficient (Wildman–Crippen LogP) is 0.325. The van der Waals surface area contributed by atoms with E-state index < -0.39 is 0 Å². The van der Waals surface area contributed by atoms with Crippen LogP contribution in [0.15, 0.2) is 12.3 Å². The lowest BCUT2D eigenvalue weighted by Crippen LogP contribution is -2.40. The monoisotopic (exact) mass is 238 g/mol. The molecule has 96 valence electrons. The normalized spacial score (nSPS) is 17.5. The summed E-state index contributed by atoms with van der Waals surface area (Å²) in [5, 5.41) is 7.86. The Labute approximate surface area is 103 Å². The van der Waals surface area contributed by atoms with Gasteiger partial charge in [-0.3, -0.25) is 9.58 Å². The Morgan fingerprint density at radius 2 is 2.24 bits per heavy atom. The van der Waals surface area contributed by atoms with Gasteiger partial charge in [-0.05, 0) is 13.0 Å². The number of aryl methyl sites for hydroxylation is 1. The summed E-state index contributed by atoms with van der Waals surface area (Å²) in [5.74, 6) is 0. The van der Waals surface area contributed by atoms with Crippen LogP contribution in [0.5, 0.6) is 0 Å². The van der Waals surface area contributed by atoms with E-state index in [0.717, 1.165) is 58.2 Å². The molecule has 2 heterocycles. The van der Waals surface area contributed by atoms with E-state index in [9.17, 15) is 0 Å². The Bertz CT molecular complexity index is 320. The summed E-state index contributed by atoms with van der Waals surface area (Å²) < 4.78 is 7.27. The van der Waals surface area contributed by atoms with Crippen LogP contribution in [0.2, 0.25) is 0 Å². The Hall–Kier alpha value is -0.910. The number of hydrogen-bond donors (Lipinski definition) is 1. The average Bonchev–Trinajstić information content (AvgIpc) is 2.84. The van der Waals surface area contributed by atoms with Crippen molar-refractivity contribution in [2.24, 2.45) is 0 Å². The smallest absolute Gasteiger partial charge is 0.0762 e. The fourth-order valence-electron chi connectivity index (χ4n) is 1.95. The molecule has 1 fully saturated rings. The zero-order chi connectivity index (χ0) is 11.9. The molecule has 0 radical (unpaired) electrons. The molecule has 1 aliphatic rings. The van der Waals surface area contributed by atoms with Crippen molar-refractivity contribution >= 4 is 0 Å². The molecule has 1 aromatic heterocycles. The average molecular weight is 238 g/mol. The highest BCUT2D eigenvalue weighted by molar-refractivity contribution is 4.98. The summed E-state index contributed by atoms with van der Waals surface area (Å²) in [6, 6.07) is 2.07. The number of rotatable bonds is 6. The van der Waals surface area contributed by atoms with Crippen molar-refractivity contribution < 1.29 is 4.74 Å². The molecule has 0 spiro atoms. The molecule has 17 heavy (non-hydrogen) atoms. The molecule has 0 amide bonds. The van der Waals surface area contributed by atoms with E-state index in [-0.39, 0.29) is 0 Å². The maximum Gasteiger partial charge on any atom is 0.0762 e. The molecule has 1 saturated heterocycles. The van der Waals surface area contributed by atoms with Gasteiger partial charge in [0.15, 0.2) is 0 Å². The molecule has 1 aliphatic heterocycles. The molecule has 0 atom stereocenters. The van der Waals surface area contributed by atoms with Gasteiger partial charge in [0.2, 0.25) is 0 Å². The second kappa shape index (κ2) is 6.74. The van der Waals surface area contributed by atoms with Crippen molar-refractivity contribution in [1.82, 2.24) is 20.0 Å². The molecule has 5 nitrogen and oxygen atoms in total. The summed E-state index contributed by atoms with van der Waals surface area (Å²) in [6.45, 7) is 9.88. The zero-order valence-electron chi connectivity index (χ0n) is 10.6. The Morgan fingerprint density at radius 1 is 1.41 bits per heavy atom. The minimum Gasteiger partial charge on any atom is -0.379 e. The first kappa shape index (κ1) is 12.5. The molecule has 0 aromatic carbocycles. The Balaban J connectivity index is 1.59. The van der Waals surface area contributed by atoms with E-state index in [0.29, 0.717) is 0 Å². The maximum absolute atomic E-state index is 5.32. The van der Waals surface area contributed by atoms with Crippen LogP contribution in [0.1, 0.15) is 12.6 Å². The lowest BCUT2D eigenvalue weighted by atomic mass is 10.4. The van der Waals surface area contributed by atoms with Gasteiger partial charge in [0.25, 0.3) is 0 Å². The van der Waals surface area contributed by atoms with Crippen molar-refractivity contribution in [3.63, 3.8) is 0 Å². The molecule has 2 rings (SSSR count). The molecule has 0 saturated carbocycles. The van der Waals surface area contributed by atoms with Gasteiger partial charge in [-0.2, -0.15) is 5.10 Å². The van der Waals surface area contributed by atoms with Crippen molar-refractivity contribution in [2.45, 2.75) is 20.0 Å². The molecular formula is C12H22N4O. The van der Waals surface area contributed by atoms with Gasteiger partial charge in [0.1, 0.15) is 0 Å². The van der Waals surface area contributed by atoms with E-state index in [1.165, 1.54) is 0 Å². The van der Waals surface area contributed by atoms with Crippen LogP contribution in [-0.4, -0.2) is 54.1 Å². The lowest BCUT2D eigenvalue weighted by molar-refractivity contribution is 0.0384. The minimum atomic E-state index is 0.858. The van der Waals surface area contributed by atoms with Gasteiger partial charge in [-0.25, -0.2) is 0 Å². The molecule has 1 N–H and O–H groups in total. The highest BCUT2D eigenvalue weighted by Gasteiger charge is 2.08. The maximum atomic E-state index is 5.32. The SMILES string of the molecule is CCn1ccc(CNCCN2CCOCC2)n1. The summed E-state index contributed by atoms with van der Waals surface area (Å²) in [4.78, 5) is 2.43. The fourth-order valence-corrected chi connectivity index (χ4v) is 1.95. The molecule has 0 aliphatic carbocycles. The van der Waals surface area contributed by atoms with Crippen molar-refractivity contribution in [3.8, 4) is 0 Å². The molecule has 0 bridgehead atoms. The van der Waals surface area contributed by atoms with Gasteiger partial charge in [0, 0.05) is 45.5 Å². The van der Waals surface area contributed by atoms with Gasteiger partial charge in [-0.1, -0.05) is 0 Å². The number of morpholine rings is 1. The fraction of sp³-hybridized carbons (Fsp3) is 0.750. The van der Waals surface area contributed by atoms with Crippen molar-refractivity contribution in [3.05, 3.63) is 18.0 Å². The molecular weight excluding hydrogens is 216 g/mol. The van der Waals surface area contributed by atoms with Gasteiger partial charge in [0.05, 0.1) is 18.9 Å². The number of ether oxygens (including phenoxy) is 1. The predicted molar refractivity (Wildman–Crippen MR) is 66.9 cm³/mol. The molecule has 0 unspecified atom stereocenters. The Morgan fingerprint density at radius 3 is 2.94 bits per heavy atom. The summed E-state index contributed by atoms with van der Waals surface area (Å²) >= 11 is 0. The van der Waals surface area contributed by atoms with Crippen LogP contribution in [0.3, 0.4) is 0 Å². The van der Waals surface area contributed by atoms with Crippen LogP contribution in [-0.2, 0) is 17.8 Å². The first-order chi connectivity index (χ1) is 8.38. The van der Waals surface area contributed by atoms with E-state index in [1.54, 1.807) is 0 Å². The Kier molecular flexibility index (Phi) is 4.97. The van der Waals surface area contributed by atoms with Gasteiger partial charge < -0.3 is 10.1 Å². The quantitative estimate of drug-likeness (QED) is 0.725. The van der Waals surface area contributed by atoms with E-state index in [4.69, 9.17) is 4.74 Å². The third kappa shape index (κ3) is 4.11. The highest BCUT2D eigenvalue weighted by atomic mass is 16.5. The number of nitrogens with one attached hydrogen (secondary N) is 1. The van der Waals surface area contributed by atoms with Crippen LogP contribution < -0.4 is 5.32 Å². The molecule has 1 aromatic rings.